The molecule has 2 rings (SSSR count). The molecule has 2 nitrogen and oxygen atoms in total. The number of nitrogens with one attached hydrogen (secondary N) is 1. The maximum absolute atomic E-state index is 13.0. The van der Waals surface area contributed by atoms with Crippen LogP contribution in [0, 0.1) is 6.92 Å². The highest BCUT2D eigenvalue weighted by molar-refractivity contribution is 6.31. The van der Waals surface area contributed by atoms with Crippen molar-refractivity contribution in [3.63, 3.8) is 0 Å². The molecule has 0 aliphatic carbocycles. The van der Waals surface area contributed by atoms with Gasteiger partial charge in [-0.3, -0.25) is 0 Å². The summed E-state index contributed by atoms with van der Waals surface area (Å²) in [5.41, 5.74) is 0.915. The Bertz CT molecular complexity index is 654. The summed E-state index contributed by atoms with van der Waals surface area (Å²) >= 11 is 6.03. The second-order valence-electron chi connectivity index (χ2n) is 4.62. The molecule has 0 spiro atoms. The van der Waals surface area contributed by atoms with Gasteiger partial charge in [0.05, 0.1) is 11.3 Å². The van der Waals surface area contributed by atoms with Gasteiger partial charge in [0, 0.05) is 17.1 Å². The average Bonchev–Trinajstić information content (AvgIpc) is 2.41. The number of anilines is 1. The van der Waals surface area contributed by atoms with E-state index in [2.05, 4.69) is 10.3 Å². The fraction of sp³-hybridized carbons (Fsp3) is 0.267. The Balaban J connectivity index is 2.56. The molecule has 2 aromatic rings. The second kappa shape index (κ2) is 5.93. The molecule has 1 aromatic heterocycles. The third kappa shape index (κ3) is 3.67. The molecule has 1 N–H and O–H groups in total. The van der Waals surface area contributed by atoms with E-state index in [1.54, 1.807) is 25.1 Å². The Kier molecular flexibility index (Phi) is 4.42. The van der Waals surface area contributed by atoms with Crippen LogP contribution in [0.1, 0.15) is 18.1 Å². The van der Waals surface area contributed by atoms with Crippen molar-refractivity contribution in [2.45, 2.75) is 20.0 Å². The minimum Gasteiger partial charge on any atom is -0.370 e. The number of aromatic nitrogens is 1. The lowest BCUT2D eigenvalue weighted by atomic mass is 10.1. The van der Waals surface area contributed by atoms with E-state index in [1.807, 2.05) is 6.92 Å². The van der Waals surface area contributed by atoms with Crippen LogP contribution < -0.4 is 5.32 Å². The molecule has 0 atom stereocenters. The van der Waals surface area contributed by atoms with Crippen molar-refractivity contribution in [2.24, 2.45) is 0 Å². The number of hydrogen-bond acceptors (Lipinski definition) is 2. The van der Waals surface area contributed by atoms with E-state index >= 15 is 0 Å². The van der Waals surface area contributed by atoms with Crippen LogP contribution in [0.3, 0.4) is 0 Å². The summed E-state index contributed by atoms with van der Waals surface area (Å²) < 4.78 is 38.9. The van der Waals surface area contributed by atoms with Crippen LogP contribution in [0.4, 0.5) is 19.0 Å². The molecule has 21 heavy (non-hydrogen) atoms. The van der Waals surface area contributed by atoms with Gasteiger partial charge in [-0.25, -0.2) is 4.98 Å². The number of rotatable bonds is 3. The van der Waals surface area contributed by atoms with E-state index in [1.165, 1.54) is 0 Å². The quantitative estimate of drug-likeness (QED) is 0.846. The number of benzene rings is 1. The van der Waals surface area contributed by atoms with E-state index in [-0.39, 0.29) is 11.5 Å². The van der Waals surface area contributed by atoms with Gasteiger partial charge in [0.15, 0.2) is 0 Å². The molecule has 6 heteroatoms. The molecule has 0 aliphatic heterocycles. The summed E-state index contributed by atoms with van der Waals surface area (Å²) in [5, 5.41) is 3.31. The maximum Gasteiger partial charge on any atom is 0.416 e. The normalized spacial score (nSPS) is 11.5. The van der Waals surface area contributed by atoms with Crippen molar-refractivity contribution in [3.8, 4) is 11.3 Å². The number of nitrogens with zero attached hydrogens (tertiary/aromatic N) is 1. The third-order valence-corrected chi connectivity index (χ3v) is 3.39. The molecule has 0 amide bonds. The summed E-state index contributed by atoms with van der Waals surface area (Å²) in [6.07, 6.45) is -4.42. The van der Waals surface area contributed by atoms with E-state index < -0.39 is 11.7 Å². The molecule has 0 bridgehead atoms. The monoisotopic (exact) mass is 314 g/mol. The van der Waals surface area contributed by atoms with Gasteiger partial charge < -0.3 is 5.32 Å². The number of aryl methyl sites for hydroxylation is 1. The standard InChI is InChI=1S/C15H14ClF3N2/c1-3-20-14-8-11(15(17,18)19)7-13(21-14)10-5-4-9(2)12(16)6-10/h4-8H,3H2,1-2H3,(H,20,21). The lowest BCUT2D eigenvalue weighted by Crippen LogP contribution is -2.08. The first kappa shape index (κ1) is 15.6. The summed E-state index contributed by atoms with van der Waals surface area (Å²) in [4.78, 5) is 4.21. The van der Waals surface area contributed by atoms with Crippen LogP contribution in [0.25, 0.3) is 11.3 Å². The molecule has 0 unspecified atom stereocenters. The fourth-order valence-corrected chi connectivity index (χ4v) is 2.05. The summed E-state index contributed by atoms with van der Waals surface area (Å²) in [7, 11) is 0. The zero-order chi connectivity index (χ0) is 15.6. The minimum atomic E-state index is -4.42. The van der Waals surface area contributed by atoms with Gasteiger partial charge >= 0.3 is 6.18 Å². The first-order chi connectivity index (χ1) is 9.81. The van der Waals surface area contributed by atoms with Crippen LogP contribution >= 0.6 is 11.6 Å². The van der Waals surface area contributed by atoms with Gasteiger partial charge in [-0.1, -0.05) is 23.7 Å². The largest absolute Gasteiger partial charge is 0.416 e. The first-order valence-corrected chi connectivity index (χ1v) is 6.78. The Hall–Kier alpha value is -1.75. The Morgan fingerprint density at radius 1 is 1.19 bits per heavy atom. The topological polar surface area (TPSA) is 24.9 Å². The van der Waals surface area contributed by atoms with Gasteiger partial charge in [0.1, 0.15) is 5.82 Å². The molecular formula is C15H14ClF3N2. The highest BCUT2D eigenvalue weighted by Crippen LogP contribution is 2.34. The number of hydrogen-bond donors (Lipinski definition) is 1. The Labute approximate surface area is 126 Å². The SMILES string of the molecule is CCNc1cc(C(F)(F)F)cc(-c2ccc(C)c(Cl)c2)n1. The molecule has 1 heterocycles. The van der Waals surface area contributed by atoms with Crippen molar-refractivity contribution in [1.29, 1.82) is 0 Å². The average molecular weight is 315 g/mol. The second-order valence-corrected chi connectivity index (χ2v) is 5.03. The van der Waals surface area contributed by atoms with Crippen LogP contribution in [-0.4, -0.2) is 11.5 Å². The van der Waals surface area contributed by atoms with Crippen LogP contribution in [-0.2, 0) is 6.18 Å². The van der Waals surface area contributed by atoms with Gasteiger partial charge in [0.25, 0.3) is 0 Å². The predicted octanol–water partition coefficient (Wildman–Crippen LogP) is 5.16. The zero-order valence-electron chi connectivity index (χ0n) is 11.6. The van der Waals surface area contributed by atoms with Crippen LogP contribution in [0.5, 0.6) is 0 Å². The van der Waals surface area contributed by atoms with Crippen LogP contribution in [0.15, 0.2) is 30.3 Å². The minimum absolute atomic E-state index is 0.194. The maximum atomic E-state index is 13.0. The van der Waals surface area contributed by atoms with Gasteiger partial charge in [-0.2, -0.15) is 13.2 Å². The summed E-state index contributed by atoms with van der Waals surface area (Å²) in [5.74, 6) is 0.194. The van der Waals surface area contributed by atoms with E-state index in [0.29, 0.717) is 17.1 Å². The molecule has 0 fully saturated rings. The molecule has 0 radical (unpaired) electrons. The molecule has 0 aliphatic rings. The van der Waals surface area contributed by atoms with Gasteiger partial charge in [-0.15, -0.1) is 0 Å². The van der Waals surface area contributed by atoms with E-state index in [0.717, 1.165) is 17.7 Å². The molecule has 0 saturated heterocycles. The fourth-order valence-electron chi connectivity index (χ4n) is 1.87. The molecule has 1 aromatic carbocycles. The first-order valence-electron chi connectivity index (χ1n) is 6.41. The van der Waals surface area contributed by atoms with Crippen molar-refractivity contribution in [2.75, 3.05) is 11.9 Å². The number of pyridine rings is 1. The summed E-state index contributed by atoms with van der Waals surface area (Å²) in [6, 6.07) is 7.12. The summed E-state index contributed by atoms with van der Waals surface area (Å²) in [6.45, 7) is 4.11. The highest BCUT2D eigenvalue weighted by Gasteiger charge is 2.31. The number of halogens is 4. The third-order valence-electron chi connectivity index (χ3n) is 2.98. The lowest BCUT2D eigenvalue weighted by molar-refractivity contribution is -0.137. The van der Waals surface area contributed by atoms with Gasteiger partial charge in [-0.05, 0) is 37.6 Å². The van der Waals surface area contributed by atoms with Crippen molar-refractivity contribution < 1.29 is 13.2 Å². The zero-order valence-corrected chi connectivity index (χ0v) is 12.3. The van der Waals surface area contributed by atoms with Crippen LogP contribution in [0.2, 0.25) is 5.02 Å². The van der Waals surface area contributed by atoms with E-state index in [4.69, 9.17) is 11.6 Å². The molecular weight excluding hydrogens is 301 g/mol. The lowest BCUT2D eigenvalue weighted by Gasteiger charge is -2.12. The Morgan fingerprint density at radius 2 is 1.90 bits per heavy atom. The highest BCUT2D eigenvalue weighted by atomic mass is 35.5. The molecule has 0 saturated carbocycles. The smallest absolute Gasteiger partial charge is 0.370 e. The van der Waals surface area contributed by atoms with Crippen molar-refractivity contribution in [1.82, 2.24) is 4.98 Å². The van der Waals surface area contributed by atoms with Crippen molar-refractivity contribution in [3.05, 3.63) is 46.5 Å². The van der Waals surface area contributed by atoms with E-state index in [9.17, 15) is 13.2 Å². The van der Waals surface area contributed by atoms with Crippen molar-refractivity contribution >= 4 is 17.4 Å². The van der Waals surface area contributed by atoms with Gasteiger partial charge in [0.2, 0.25) is 0 Å². The molecule has 112 valence electrons. The predicted molar refractivity (Wildman–Crippen MR) is 78.6 cm³/mol. The Morgan fingerprint density at radius 3 is 2.48 bits per heavy atom. The number of alkyl halides is 3.